The van der Waals surface area contributed by atoms with Gasteiger partial charge in [-0.2, -0.15) is 0 Å². The molecular formula is C29H24N2O5. The Balaban J connectivity index is 1.35. The number of hydrogen-bond acceptors (Lipinski definition) is 5. The highest BCUT2D eigenvalue weighted by Gasteiger charge is 2.10. The lowest BCUT2D eigenvalue weighted by molar-refractivity contribution is -0.115. The number of rotatable bonds is 8. The molecular weight excluding hydrogens is 456 g/mol. The molecule has 0 atom stereocenters. The van der Waals surface area contributed by atoms with E-state index in [-0.39, 0.29) is 17.6 Å². The van der Waals surface area contributed by atoms with Crippen LogP contribution in [0.25, 0.3) is 0 Å². The van der Waals surface area contributed by atoms with Crippen LogP contribution in [0.3, 0.4) is 0 Å². The Morgan fingerprint density at radius 1 is 0.472 bits per heavy atom. The molecule has 0 saturated heterocycles. The van der Waals surface area contributed by atoms with Gasteiger partial charge in [0.15, 0.2) is 5.78 Å². The van der Waals surface area contributed by atoms with Crippen LogP contribution in [0.2, 0.25) is 0 Å². The molecule has 0 unspecified atom stereocenters. The fourth-order valence-corrected chi connectivity index (χ4v) is 3.41. The van der Waals surface area contributed by atoms with Crippen molar-refractivity contribution in [1.82, 2.24) is 0 Å². The molecule has 0 bridgehead atoms. The number of benzene rings is 4. The van der Waals surface area contributed by atoms with Crippen LogP contribution in [0.15, 0.2) is 97.1 Å². The molecule has 2 amide bonds. The minimum Gasteiger partial charge on any atom is -0.457 e. The van der Waals surface area contributed by atoms with Gasteiger partial charge in [0.05, 0.1) is 0 Å². The summed E-state index contributed by atoms with van der Waals surface area (Å²) in [6.07, 6.45) is 0. The molecule has 0 saturated carbocycles. The van der Waals surface area contributed by atoms with Gasteiger partial charge >= 0.3 is 0 Å². The van der Waals surface area contributed by atoms with Crippen molar-refractivity contribution in [2.24, 2.45) is 0 Å². The van der Waals surface area contributed by atoms with Gasteiger partial charge in [0.25, 0.3) is 0 Å². The Morgan fingerprint density at radius 2 is 0.750 bits per heavy atom. The standard InChI is InChI=1S/C29H24N2O5/c1-19(32)30-23-7-15-27(16-8-23)35-25-11-3-21(4-12-25)29(34)22-5-13-26(14-6-22)36-28-17-9-24(10-18-28)31-20(2)33/h3-18H,1-2H3,(H,30,32)(H,31,33). The van der Waals surface area contributed by atoms with Gasteiger partial charge in [-0.3, -0.25) is 14.4 Å². The number of ether oxygens (including phenoxy) is 2. The molecule has 0 aromatic heterocycles. The number of amides is 2. The molecule has 4 rings (SSSR count). The molecule has 180 valence electrons. The van der Waals surface area contributed by atoms with Crippen molar-refractivity contribution in [1.29, 1.82) is 0 Å². The number of carbonyl (C=O) groups excluding carboxylic acids is 3. The molecule has 0 aliphatic carbocycles. The fraction of sp³-hybridized carbons (Fsp3) is 0.0690. The quantitative estimate of drug-likeness (QED) is 0.284. The maximum Gasteiger partial charge on any atom is 0.221 e. The van der Waals surface area contributed by atoms with Gasteiger partial charge in [-0.1, -0.05) is 0 Å². The molecule has 4 aromatic rings. The minimum absolute atomic E-state index is 0.118. The summed E-state index contributed by atoms with van der Waals surface area (Å²) in [6, 6.07) is 27.8. The maximum absolute atomic E-state index is 12.9. The van der Waals surface area contributed by atoms with Gasteiger partial charge in [-0.25, -0.2) is 0 Å². The number of carbonyl (C=O) groups is 3. The van der Waals surface area contributed by atoms with Gasteiger partial charge < -0.3 is 20.1 Å². The molecule has 36 heavy (non-hydrogen) atoms. The van der Waals surface area contributed by atoms with E-state index in [4.69, 9.17) is 9.47 Å². The summed E-state index contributed by atoms with van der Waals surface area (Å²) in [4.78, 5) is 35.1. The first-order valence-corrected chi connectivity index (χ1v) is 11.2. The van der Waals surface area contributed by atoms with Crippen LogP contribution >= 0.6 is 0 Å². The van der Waals surface area contributed by atoms with Gasteiger partial charge in [-0.05, 0) is 97.1 Å². The highest BCUT2D eigenvalue weighted by Crippen LogP contribution is 2.26. The van der Waals surface area contributed by atoms with Crippen LogP contribution in [0, 0.1) is 0 Å². The predicted molar refractivity (Wildman–Crippen MR) is 138 cm³/mol. The van der Waals surface area contributed by atoms with Crippen LogP contribution in [0.1, 0.15) is 29.8 Å². The molecule has 2 N–H and O–H groups in total. The molecule has 0 spiro atoms. The van der Waals surface area contributed by atoms with Crippen molar-refractivity contribution < 1.29 is 23.9 Å². The van der Waals surface area contributed by atoms with Gasteiger partial charge in [0.2, 0.25) is 11.8 Å². The van der Waals surface area contributed by atoms with E-state index >= 15 is 0 Å². The molecule has 4 aromatic carbocycles. The Bertz CT molecular complexity index is 1250. The second kappa shape index (κ2) is 11.0. The Kier molecular flexibility index (Phi) is 7.41. The van der Waals surface area contributed by atoms with E-state index < -0.39 is 0 Å². The van der Waals surface area contributed by atoms with Crippen LogP contribution in [0.4, 0.5) is 11.4 Å². The zero-order valence-corrected chi connectivity index (χ0v) is 19.8. The van der Waals surface area contributed by atoms with Crippen molar-refractivity contribution >= 4 is 29.0 Å². The van der Waals surface area contributed by atoms with E-state index in [1.807, 2.05) is 0 Å². The second-order valence-corrected chi connectivity index (χ2v) is 7.99. The van der Waals surface area contributed by atoms with E-state index in [9.17, 15) is 14.4 Å². The highest BCUT2D eigenvalue weighted by atomic mass is 16.5. The summed E-state index contributed by atoms with van der Waals surface area (Å²) < 4.78 is 11.6. The normalized spacial score (nSPS) is 10.3. The second-order valence-electron chi connectivity index (χ2n) is 7.99. The van der Waals surface area contributed by atoms with Gasteiger partial charge in [-0.15, -0.1) is 0 Å². The zero-order chi connectivity index (χ0) is 25.5. The first-order valence-electron chi connectivity index (χ1n) is 11.2. The lowest BCUT2D eigenvalue weighted by Crippen LogP contribution is -2.05. The van der Waals surface area contributed by atoms with Crippen molar-refractivity contribution in [3.05, 3.63) is 108 Å². The third kappa shape index (κ3) is 6.57. The molecule has 0 radical (unpaired) electrons. The lowest BCUT2D eigenvalue weighted by Gasteiger charge is -2.09. The number of hydrogen-bond donors (Lipinski definition) is 2. The highest BCUT2D eigenvalue weighted by molar-refractivity contribution is 6.09. The van der Waals surface area contributed by atoms with Crippen molar-refractivity contribution in [3.8, 4) is 23.0 Å². The van der Waals surface area contributed by atoms with Crippen LogP contribution in [-0.4, -0.2) is 17.6 Å². The topological polar surface area (TPSA) is 93.7 Å². The van der Waals surface area contributed by atoms with E-state index in [1.165, 1.54) is 13.8 Å². The Labute approximate surface area is 208 Å². The summed E-state index contributed by atoms with van der Waals surface area (Å²) in [6.45, 7) is 2.90. The number of anilines is 2. The van der Waals surface area contributed by atoms with Crippen LogP contribution in [-0.2, 0) is 9.59 Å². The third-order valence-electron chi connectivity index (χ3n) is 5.05. The molecule has 0 heterocycles. The van der Waals surface area contributed by atoms with E-state index in [0.717, 1.165) is 0 Å². The largest absolute Gasteiger partial charge is 0.457 e. The van der Waals surface area contributed by atoms with E-state index in [0.29, 0.717) is 45.5 Å². The molecule has 7 nitrogen and oxygen atoms in total. The Morgan fingerprint density at radius 3 is 1.03 bits per heavy atom. The smallest absolute Gasteiger partial charge is 0.221 e. The Hall–Kier alpha value is -4.91. The van der Waals surface area contributed by atoms with Gasteiger partial charge in [0, 0.05) is 36.3 Å². The first-order chi connectivity index (χ1) is 17.4. The molecule has 0 fully saturated rings. The van der Waals surface area contributed by atoms with E-state index in [2.05, 4.69) is 10.6 Å². The lowest BCUT2D eigenvalue weighted by atomic mass is 10.0. The number of nitrogens with one attached hydrogen (secondary N) is 2. The van der Waals surface area contributed by atoms with E-state index in [1.54, 1.807) is 97.1 Å². The molecule has 0 aliphatic rings. The number of ketones is 1. The van der Waals surface area contributed by atoms with Crippen molar-refractivity contribution in [2.45, 2.75) is 13.8 Å². The summed E-state index contributed by atoms with van der Waals surface area (Å²) in [5.41, 5.74) is 2.44. The summed E-state index contributed by atoms with van der Waals surface area (Å²) in [5, 5.41) is 5.40. The monoisotopic (exact) mass is 480 g/mol. The molecule has 0 aliphatic heterocycles. The SMILES string of the molecule is CC(=O)Nc1ccc(Oc2ccc(C(=O)c3ccc(Oc4ccc(NC(C)=O)cc4)cc3)cc2)cc1. The van der Waals surface area contributed by atoms with Crippen molar-refractivity contribution in [3.63, 3.8) is 0 Å². The minimum atomic E-state index is -0.138. The summed E-state index contributed by atoms with van der Waals surface area (Å²) in [5.74, 6) is 2.01. The average molecular weight is 481 g/mol. The fourth-order valence-electron chi connectivity index (χ4n) is 3.41. The predicted octanol–water partition coefficient (Wildman–Crippen LogP) is 6.42. The summed E-state index contributed by atoms with van der Waals surface area (Å²) >= 11 is 0. The van der Waals surface area contributed by atoms with Crippen molar-refractivity contribution in [2.75, 3.05) is 10.6 Å². The van der Waals surface area contributed by atoms with Crippen LogP contribution < -0.4 is 20.1 Å². The summed E-state index contributed by atoms with van der Waals surface area (Å²) in [7, 11) is 0. The maximum atomic E-state index is 12.9. The zero-order valence-electron chi connectivity index (χ0n) is 19.8. The molecule has 7 heteroatoms. The third-order valence-corrected chi connectivity index (χ3v) is 5.05. The van der Waals surface area contributed by atoms with Gasteiger partial charge in [0.1, 0.15) is 23.0 Å². The first kappa shape index (κ1) is 24.2. The van der Waals surface area contributed by atoms with Crippen LogP contribution in [0.5, 0.6) is 23.0 Å². The average Bonchev–Trinajstić information content (AvgIpc) is 2.86.